The molecule has 0 radical (unpaired) electrons. The van der Waals surface area contributed by atoms with Crippen LogP contribution in [0.15, 0.2) is 48.8 Å². The number of anilines is 1. The van der Waals surface area contributed by atoms with Gasteiger partial charge in [0.1, 0.15) is 5.75 Å². The first kappa shape index (κ1) is 18.4. The van der Waals surface area contributed by atoms with Gasteiger partial charge in [0.2, 0.25) is 0 Å². The number of likely N-dealkylation sites (N-methyl/N-ethyl adjacent to an activating group) is 1. The molecule has 1 heterocycles. The van der Waals surface area contributed by atoms with Gasteiger partial charge in [0, 0.05) is 26.0 Å². The van der Waals surface area contributed by atoms with Crippen molar-refractivity contribution < 1.29 is 14.3 Å². The van der Waals surface area contributed by atoms with Crippen LogP contribution in [0.3, 0.4) is 0 Å². The van der Waals surface area contributed by atoms with Crippen LogP contribution in [-0.4, -0.2) is 41.4 Å². The molecule has 0 bridgehead atoms. The van der Waals surface area contributed by atoms with Gasteiger partial charge in [0.05, 0.1) is 11.8 Å². The third kappa shape index (κ3) is 5.60. The van der Waals surface area contributed by atoms with Gasteiger partial charge in [-0.25, -0.2) is 0 Å². The Labute approximate surface area is 147 Å². The van der Waals surface area contributed by atoms with Crippen LogP contribution in [0, 0.1) is 0 Å². The second-order valence-electron chi connectivity index (χ2n) is 5.95. The van der Waals surface area contributed by atoms with Gasteiger partial charge in [0.25, 0.3) is 0 Å². The largest absolute Gasteiger partial charge is 0.489 e. The van der Waals surface area contributed by atoms with Gasteiger partial charge < -0.3 is 15.0 Å². The molecule has 1 N–H and O–H groups in total. The van der Waals surface area contributed by atoms with Gasteiger partial charge in [-0.2, -0.15) is 0 Å². The summed E-state index contributed by atoms with van der Waals surface area (Å²) >= 11 is 0. The number of pyridine rings is 1. The number of hydrogen-bond donors (Lipinski definition) is 1. The van der Waals surface area contributed by atoms with Crippen LogP contribution in [0.1, 0.15) is 19.4 Å². The second kappa shape index (κ2) is 8.82. The first-order valence-electron chi connectivity index (χ1n) is 8.18. The van der Waals surface area contributed by atoms with E-state index >= 15 is 0 Å². The molecule has 6 heteroatoms. The lowest BCUT2D eigenvalue weighted by Crippen LogP contribution is -2.38. The van der Waals surface area contributed by atoms with E-state index in [2.05, 4.69) is 10.3 Å². The van der Waals surface area contributed by atoms with E-state index in [0.29, 0.717) is 24.4 Å². The Kier molecular flexibility index (Phi) is 6.51. The molecule has 0 aliphatic heterocycles. The zero-order chi connectivity index (χ0) is 18.2. The number of rotatable bonds is 6. The van der Waals surface area contributed by atoms with E-state index in [0.717, 1.165) is 5.56 Å². The highest BCUT2D eigenvalue weighted by molar-refractivity contribution is 6.39. The van der Waals surface area contributed by atoms with Crippen LogP contribution < -0.4 is 10.1 Å². The van der Waals surface area contributed by atoms with Crippen molar-refractivity contribution in [3.8, 4) is 5.75 Å². The molecule has 0 aliphatic rings. The highest BCUT2D eigenvalue weighted by Gasteiger charge is 2.20. The summed E-state index contributed by atoms with van der Waals surface area (Å²) in [6, 6.07) is 10.8. The zero-order valence-electron chi connectivity index (χ0n) is 14.7. The van der Waals surface area contributed by atoms with Gasteiger partial charge >= 0.3 is 11.8 Å². The molecular weight excluding hydrogens is 318 g/mol. The van der Waals surface area contributed by atoms with Gasteiger partial charge in [-0.1, -0.05) is 12.1 Å². The molecule has 2 aromatic rings. The van der Waals surface area contributed by atoms with Crippen LogP contribution in [-0.2, 0) is 16.0 Å². The molecular formula is C19H23N3O3. The number of ether oxygens (including phenoxy) is 1. The average Bonchev–Trinajstić information content (AvgIpc) is 2.61. The Morgan fingerprint density at radius 3 is 2.52 bits per heavy atom. The van der Waals surface area contributed by atoms with Crippen LogP contribution in [0.2, 0.25) is 0 Å². The topological polar surface area (TPSA) is 71.5 Å². The maximum atomic E-state index is 12.3. The quantitative estimate of drug-likeness (QED) is 0.820. The molecule has 0 spiro atoms. The number of carbonyl (C=O) groups excluding carboxylic acids is 2. The second-order valence-corrected chi connectivity index (χ2v) is 5.95. The van der Waals surface area contributed by atoms with Crippen LogP contribution >= 0.6 is 0 Å². The molecule has 1 aromatic carbocycles. The molecule has 0 atom stereocenters. The summed E-state index contributed by atoms with van der Waals surface area (Å²) in [7, 11) is 1.61. The third-order valence-electron chi connectivity index (χ3n) is 3.52. The molecule has 0 saturated carbocycles. The third-order valence-corrected chi connectivity index (χ3v) is 3.52. The molecule has 132 valence electrons. The smallest absolute Gasteiger partial charge is 0.313 e. The number of benzene rings is 1. The van der Waals surface area contributed by atoms with Crippen molar-refractivity contribution in [3.05, 3.63) is 54.4 Å². The van der Waals surface area contributed by atoms with Gasteiger partial charge in [0.15, 0.2) is 0 Å². The lowest BCUT2D eigenvalue weighted by Gasteiger charge is -2.18. The summed E-state index contributed by atoms with van der Waals surface area (Å²) in [4.78, 5) is 29.9. The standard InChI is InChI=1S/C19H23N3O3/c1-14(2)25-17-7-5-4-6-16(17)21-18(23)19(24)22(3)13-10-15-8-11-20-12-9-15/h4-9,11-12,14H,10,13H2,1-3H3,(H,21,23). The number of para-hydroxylation sites is 2. The summed E-state index contributed by atoms with van der Waals surface area (Å²) in [6.07, 6.45) is 4.03. The van der Waals surface area contributed by atoms with Crippen molar-refractivity contribution >= 4 is 17.5 Å². The zero-order valence-corrected chi connectivity index (χ0v) is 14.7. The highest BCUT2D eigenvalue weighted by Crippen LogP contribution is 2.24. The fraction of sp³-hybridized carbons (Fsp3) is 0.316. The van der Waals surface area contributed by atoms with Crippen LogP contribution in [0.25, 0.3) is 0 Å². The summed E-state index contributed by atoms with van der Waals surface area (Å²) in [5.74, 6) is -0.733. The Hall–Kier alpha value is -2.89. The minimum Gasteiger partial charge on any atom is -0.489 e. The van der Waals surface area contributed by atoms with E-state index < -0.39 is 11.8 Å². The number of amides is 2. The highest BCUT2D eigenvalue weighted by atomic mass is 16.5. The van der Waals surface area contributed by atoms with Crippen LogP contribution in [0.4, 0.5) is 5.69 Å². The van der Waals surface area contributed by atoms with Crippen molar-refractivity contribution in [1.29, 1.82) is 0 Å². The predicted octanol–water partition coefficient (Wildman–Crippen LogP) is 2.51. The lowest BCUT2D eigenvalue weighted by molar-refractivity contribution is -0.142. The molecule has 25 heavy (non-hydrogen) atoms. The molecule has 0 aliphatic carbocycles. The van der Waals surface area contributed by atoms with Crippen LogP contribution in [0.5, 0.6) is 5.75 Å². The van der Waals surface area contributed by atoms with E-state index in [1.807, 2.05) is 32.0 Å². The average molecular weight is 341 g/mol. The molecule has 0 unspecified atom stereocenters. The number of nitrogens with zero attached hydrogens (tertiary/aromatic N) is 2. The van der Waals surface area contributed by atoms with Crippen molar-refractivity contribution in [2.75, 3.05) is 18.9 Å². The number of carbonyl (C=O) groups is 2. The molecule has 0 saturated heterocycles. The van der Waals surface area contributed by atoms with Gasteiger partial charge in [-0.05, 0) is 50.1 Å². The van der Waals surface area contributed by atoms with Crippen molar-refractivity contribution in [2.45, 2.75) is 26.4 Å². The van der Waals surface area contributed by atoms with E-state index in [4.69, 9.17) is 4.74 Å². The van der Waals surface area contributed by atoms with Gasteiger partial charge in [-0.15, -0.1) is 0 Å². The summed E-state index contributed by atoms with van der Waals surface area (Å²) in [6.45, 7) is 4.24. The normalized spacial score (nSPS) is 10.4. The van der Waals surface area contributed by atoms with E-state index in [-0.39, 0.29) is 6.10 Å². The summed E-state index contributed by atoms with van der Waals surface area (Å²) < 4.78 is 5.65. The Balaban J connectivity index is 1.94. The Bertz CT molecular complexity index is 717. The molecule has 0 fully saturated rings. The number of nitrogens with one attached hydrogen (secondary N) is 1. The maximum absolute atomic E-state index is 12.3. The summed E-state index contributed by atoms with van der Waals surface area (Å²) in [5.41, 5.74) is 1.54. The van der Waals surface area contributed by atoms with E-state index in [1.165, 1.54) is 4.90 Å². The molecule has 1 aromatic heterocycles. The minimum atomic E-state index is -0.683. The van der Waals surface area contributed by atoms with Crippen molar-refractivity contribution in [2.24, 2.45) is 0 Å². The molecule has 2 amide bonds. The lowest BCUT2D eigenvalue weighted by atomic mass is 10.2. The number of aromatic nitrogens is 1. The summed E-state index contributed by atoms with van der Waals surface area (Å²) in [5, 5.41) is 2.63. The van der Waals surface area contributed by atoms with E-state index in [1.54, 1.807) is 37.6 Å². The molecule has 2 rings (SSSR count). The van der Waals surface area contributed by atoms with Crippen molar-refractivity contribution in [1.82, 2.24) is 9.88 Å². The van der Waals surface area contributed by atoms with Crippen molar-refractivity contribution in [3.63, 3.8) is 0 Å². The van der Waals surface area contributed by atoms with Gasteiger partial charge in [-0.3, -0.25) is 14.6 Å². The maximum Gasteiger partial charge on any atom is 0.313 e. The SMILES string of the molecule is CC(C)Oc1ccccc1NC(=O)C(=O)N(C)CCc1ccncc1. The number of hydrogen-bond acceptors (Lipinski definition) is 4. The Morgan fingerprint density at radius 2 is 1.84 bits per heavy atom. The predicted molar refractivity (Wildman–Crippen MR) is 96.4 cm³/mol. The fourth-order valence-corrected chi connectivity index (χ4v) is 2.22. The molecule has 6 nitrogen and oxygen atoms in total. The Morgan fingerprint density at radius 1 is 1.16 bits per heavy atom. The van der Waals surface area contributed by atoms with E-state index in [9.17, 15) is 9.59 Å². The minimum absolute atomic E-state index is 0.0308. The first-order valence-corrected chi connectivity index (χ1v) is 8.18. The first-order chi connectivity index (χ1) is 12.0. The fourth-order valence-electron chi connectivity index (χ4n) is 2.22. The monoisotopic (exact) mass is 341 g/mol.